The number of ketones is 1. The zero-order valence-electron chi connectivity index (χ0n) is 20.3. The molecule has 2 heterocycles. The molecule has 1 atom stereocenters. The molecule has 37 heavy (non-hydrogen) atoms. The summed E-state index contributed by atoms with van der Waals surface area (Å²) < 4.78 is 11.1. The average Bonchev–Trinajstić information content (AvgIpc) is 3.54. The maximum absolute atomic E-state index is 13.2. The Balaban J connectivity index is 1.49. The highest BCUT2D eigenvalue weighted by Gasteiger charge is 2.47. The molecule has 186 valence electrons. The van der Waals surface area contributed by atoms with Crippen LogP contribution in [0, 0.1) is 6.92 Å². The van der Waals surface area contributed by atoms with Crippen molar-refractivity contribution in [3.63, 3.8) is 0 Å². The molecule has 1 aliphatic heterocycles. The van der Waals surface area contributed by atoms with E-state index >= 15 is 0 Å². The van der Waals surface area contributed by atoms with Gasteiger partial charge in [-0.15, -0.1) is 11.3 Å². The molecule has 0 radical (unpaired) electrons. The number of aliphatic hydroxyl groups excluding tert-OH is 1. The number of thiazole rings is 1. The molecule has 5 rings (SSSR count). The number of benzene rings is 3. The van der Waals surface area contributed by atoms with Crippen LogP contribution >= 0.6 is 11.3 Å². The number of hydrogen-bond donors (Lipinski definition) is 1. The van der Waals surface area contributed by atoms with Gasteiger partial charge in [-0.3, -0.25) is 14.5 Å². The first-order valence-corrected chi connectivity index (χ1v) is 12.5. The van der Waals surface area contributed by atoms with Gasteiger partial charge in [-0.25, -0.2) is 4.98 Å². The molecule has 8 heteroatoms. The van der Waals surface area contributed by atoms with Gasteiger partial charge in [0.1, 0.15) is 23.9 Å². The summed E-state index contributed by atoms with van der Waals surface area (Å²) in [4.78, 5) is 31.9. The molecule has 1 amide bonds. The lowest BCUT2D eigenvalue weighted by Gasteiger charge is -2.23. The number of anilines is 1. The van der Waals surface area contributed by atoms with Crippen molar-refractivity contribution < 1.29 is 24.2 Å². The first-order chi connectivity index (χ1) is 18.0. The molecule has 0 aliphatic carbocycles. The van der Waals surface area contributed by atoms with Crippen LogP contribution < -0.4 is 14.4 Å². The van der Waals surface area contributed by atoms with Crippen molar-refractivity contribution in [1.29, 1.82) is 0 Å². The lowest BCUT2D eigenvalue weighted by atomic mass is 9.95. The molecule has 1 fully saturated rings. The molecule has 4 aromatic rings. The number of rotatable bonds is 7. The third-order valence-electron chi connectivity index (χ3n) is 6.12. The second-order valence-electron chi connectivity index (χ2n) is 8.56. The topological polar surface area (TPSA) is 89.0 Å². The van der Waals surface area contributed by atoms with Crippen LogP contribution in [0.2, 0.25) is 0 Å². The first kappa shape index (κ1) is 24.3. The number of hydrogen-bond acceptors (Lipinski definition) is 7. The van der Waals surface area contributed by atoms with Crippen molar-refractivity contribution in [3.05, 3.63) is 112 Å². The number of amides is 1. The largest absolute Gasteiger partial charge is 0.507 e. The van der Waals surface area contributed by atoms with Gasteiger partial charge in [0.2, 0.25) is 0 Å². The first-order valence-electron chi connectivity index (χ1n) is 11.6. The summed E-state index contributed by atoms with van der Waals surface area (Å²) in [5, 5.41) is 13.4. The van der Waals surface area contributed by atoms with Crippen molar-refractivity contribution in [2.45, 2.75) is 19.6 Å². The van der Waals surface area contributed by atoms with Crippen LogP contribution in [0.15, 0.2) is 89.9 Å². The highest BCUT2D eigenvalue weighted by atomic mass is 32.1. The Bertz CT molecular complexity index is 1460. The minimum atomic E-state index is -0.839. The van der Waals surface area contributed by atoms with Crippen LogP contribution in [0.5, 0.6) is 11.5 Å². The highest BCUT2D eigenvalue weighted by molar-refractivity contribution is 7.14. The highest BCUT2D eigenvalue weighted by Crippen LogP contribution is 2.43. The van der Waals surface area contributed by atoms with Crippen LogP contribution in [0.1, 0.15) is 28.3 Å². The Labute approximate surface area is 218 Å². The number of aliphatic hydroxyl groups is 1. The summed E-state index contributed by atoms with van der Waals surface area (Å²) in [5.41, 5.74) is 3.25. The maximum atomic E-state index is 13.2. The van der Waals surface area contributed by atoms with Gasteiger partial charge < -0.3 is 14.6 Å². The molecule has 3 aromatic carbocycles. The van der Waals surface area contributed by atoms with Gasteiger partial charge in [0.25, 0.3) is 5.78 Å². The van der Waals surface area contributed by atoms with E-state index in [4.69, 9.17) is 9.47 Å². The Morgan fingerprint density at radius 2 is 1.76 bits per heavy atom. The van der Waals surface area contributed by atoms with Crippen molar-refractivity contribution in [2.24, 2.45) is 0 Å². The summed E-state index contributed by atoms with van der Waals surface area (Å²) in [6.45, 7) is 2.43. The van der Waals surface area contributed by atoms with Crippen molar-refractivity contribution >= 4 is 33.9 Å². The second-order valence-corrected chi connectivity index (χ2v) is 9.43. The lowest BCUT2D eigenvalue weighted by Crippen LogP contribution is -2.29. The molecule has 1 aliphatic rings. The van der Waals surface area contributed by atoms with Crippen LogP contribution in [-0.4, -0.2) is 28.9 Å². The smallest absolute Gasteiger partial charge is 0.301 e. The number of methoxy groups -OCH3 is 1. The quantitative estimate of drug-likeness (QED) is 0.195. The van der Waals surface area contributed by atoms with Crippen molar-refractivity contribution in [3.8, 4) is 11.5 Å². The van der Waals surface area contributed by atoms with Gasteiger partial charge in [-0.2, -0.15) is 0 Å². The van der Waals surface area contributed by atoms with E-state index in [1.165, 1.54) is 16.2 Å². The fourth-order valence-electron chi connectivity index (χ4n) is 4.30. The minimum absolute atomic E-state index is 0.00111. The Morgan fingerprint density at radius 3 is 2.41 bits per heavy atom. The molecule has 1 saturated heterocycles. The Kier molecular flexibility index (Phi) is 6.74. The summed E-state index contributed by atoms with van der Waals surface area (Å²) in [5.74, 6) is -0.517. The van der Waals surface area contributed by atoms with E-state index < -0.39 is 17.7 Å². The SMILES string of the molecule is COc1ccc(C2C(=C(O)c3ccc(OCc4cccc(C)c4)cc3)C(=O)C(=O)N2c2nccs2)cc1. The van der Waals surface area contributed by atoms with E-state index in [0.717, 1.165) is 11.1 Å². The van der Waals surface area contributed by atoms with Gasteiger partial charge in [0.05, 0.1) is 18.7 Å². The normalized spacial score (nSPS) is 16.7. The summed E-state index contributed by atoms with van der Waals surface area (Å²) in [6, 6.07) is 21.0. The standard InChI is InChI=1S/C29H24N2O5S/c1-18-4-3-5-19(16-18)17-36-23-12-8-21(9-13-23)26(32)24-25(20-6-10-22(35-2)11-7-20)31(28(34)27(24)33)29-30-14-15-37-29/h3-16,25,32H,17H2,1-2H3. The summed E-state index contributed by atoms with van der Waals surface area (Å²) >= 11 is 1.24. The summed E-state index contributed by atoms with van der Waals surface area (Å²) in [7, 11) is 1.56. The number of aromatic nitrogens is 1. The third-order valence-corrected chi connectivity index (χ3v) is 6.89. The van der Waals surface area contributed by atoms with Crippen LogP contribution in [0.3, 0.4) is 0 Å². The molecule has 0 saturated carbocycles. The molecular weight excluding hydrogens is 488 g/mol. The molecule has 7 nitrogen and oxygen atoms in total. The van der Waals surface area contributed by atoms with Crippen molar-refractivity contribution in [1.82, 2.24) is 4.98 Å². The zero-order chi connectivity index (χ0) is 25.9. The van der Waals surface area contributed by atoms with E-state index in [-0.39, 0.29) is 11.3 Å². The fourth-order valence-corrected chi connectivity index (χ4v) is 4.97. The molecule has 0 spiro atoms. The number of aryl methyl sites for hydroxylation is 1. The predicted molar refractivity (Wildman–Crippen MR) is 142 cm³/mol. The Morgan fingerprint density at radius 1 is 1.03 bits per heavy atom. The third kappa shape index (κ3) is 4.83. The molecule has 1 aromatic heterocycles. The molecule has 0 bridgehead atoms. The Hall–Kier alpha value is -4.43. The number of Topliss-reactive ketones (excluding diaryl/α,β-unsaturated/α-hetero) is 1. The number of ether oxygens (including phenoxy) is 2. The minimum Gasteiger partial charge on any atom is -0.507 e. The van der Waals surface area contributed by atoms with Gasteiger partial charge in [0.15, 0.2) is 5.13 Å². The van der Waals surface area contributed by atoms with E-state index in [0.29, 0.717) is 34.4 Å². The molecule has 1 unspecified atom stereocenters. The van der Waals surface area contributed by atoms with E-state index in [1.807, 2.05) is 25.1 Å². The number of carbonyl (C=O) groups excluding carboxylic acids is 2. The monoisotopic (exact) mass is 512 g/mol. The van der Waals surface area contributed by atoms with Gasteiger partial charge in [0, 0.05) is 17.1 Å². The molecule has 1 N–H and O–H groups in total. The van der Waals surface area contributed by atoms with Gasteiger partial charge in [-0.05, 0) is 54.4 Å². The van der Waals surface area contributed by atoms with Gasteiger partial charge >= 0.3 is 5.91 Å². The molecular formula is C29H24N2O5S. The van der Waals surface area contributed by atoms with E-state index in [1.54, 1.807) is 67.2 Å². The second kappa shape index (κ2) is 10.3. The maximum Gasteiger partial charge on any atom is 0.301 e. The van der Waals surface area contributed by atoms with Crippen LogP contribution in [-0.2, 0) is 16.2 Å². The van der Waals surface area contributed by atoms with E-state index in [2.05, 4.69) is 11.1 Å². The average molecular weight is 513 g/mol. The van der Waals surface area contributed by atoms with Crippen LogP contribution in [0.25, 0.3) is 5.76 Å². The number of carbonyl (C=O) groups is 2. The fraction of sp³-hybridized carbons (Fsp3) is 0.138. The summed E-state index contributed by atoms with van der Waals surface area (Å²) in [6.07, 6.45) is 1.57. The van der Waals surface area contributed by atoms with Crippen molar-refractivity contribution in [2.75, 3.05) is 12.0 Å². The lowest BCUT2D eigenvalue weighted by molar-refractivity contribution is -0.132. The number of nitrogens with zero attached hydrogens (tertiary/aromatic N) is 2. The van der Waals surface area contributed by atoms with Gasteiger partial charge in [-0.1, -0.05) is 42.0 Å². The van der Waals surface area contributed by atoms with Crippen LogP contribution in [0.4, 0.5) is 5.13 Å². The van der Waals surface area contributed by atoms with E-state index in [9.17, 15) is 14.7 Å². The predicted octanol–water partition coefficient (Wildman–Crippen LogP) is 5.67. The zero-order valence-corrected chi connectivity index (χ0v) is 21.1.